The summed E-state index contributed by atoms with van der Waals surface area (Å²) in [7, 11) is 0. The molecule has 2 N–H and O–H groups in total. The second kappa shape index (κ2) is 7.14. The van der Waals surface area contributed by atoms with E-state index in [2.05, 4.69) is 10.3 Å². The fourth-order valence-electron chi connectivity index (χ4n) is 2.95. The molecule has 0 aliphatic carbocycles. The summed E-state index contributed by atoms with van der Waals surface area (Å²) in [4.78, 5) is 19.4. The molecular formula is C16H21N3O3S. The molecule has 1 aliphatic heterocycles. The van der Waals surface area contributed by atoms with Gasteiger partial charge in [-0.3, -0.25) is 0 Å². The van der Waals surface area contributed by atoms with Crippen LogP contribution in [0.2, 0.25) is 0 Å². The largest absolute Gasteiger partial charge is 0.467 e. The van der Waals surface area contributed by atoms with Crippen LogP contribution in [0.15, 0.2) is 29.0 Å². The van der Waals surface area contributed by atoms with Crippen LogP contribution in [0.5, 0.6) is 0 Å². The van der Waals surface area contributed by atoms with Gasteiger partial charge in [0, 0.05) is 30.1 Å². The lowest BCUT2D eigenvalue weighted by molar-refractivity contribution is 0.108. The number of carbonyl (C=O) groups excluding carboxylic acids is 1. The number of nitrogens with zero attached hydrogens (tertiary/aromatic N) is 2. The number of amides is 2. The average molecular weight is 335 g/mol. The number of hydrogen-bond donors (Lipinski definition) is 2. The zero-order valence-corrected chi connectivity index (χ0v) is 13.9. The number of aromatic nitrogens is 1. The number of aliphatic hydroxyl groups is 1. The first-order chi connectivity index (χ1) is 11.1. The Kier molecular flexibility index (Phi) is 4.97. The van der Waals surface area contributed by atoms with Crippen LogP contribution in [0.25, 0.3) is 0 Å². The van der Waals surface area contributed by atoms with Crippen LogP contribution in [0.3, 0.4) is 0 Å². The third kappa shape index (κ3) is 3.92. The summed E-state index contributed by atoms with van der Waals surface area (Å²) >= 11 is 1.59. The second-order valence-corrected chi connectivity index (χ2v) is 7.08. The van der Waals surface area contributed by atoms with Crippen molar-refractivity contribution in [2.24, 2.45) is 0 Å². The SMILES string of the molecule is Cc1ncc(CNC(=O)N2CCCC2CC(O)c2ccco2)s1. The van der Waals surface area contributed by atoms with Crippen molar-refractivity contribution in [1.29, 1.82) is 0 Å². The van der Waals surface area contributed by atoms with Gasteiger partial charge in [0.25, 0.3) is 0 Å². The zero-order chi connectivity index (χ0) is 16.2. The molecule has 1 aliphatic rings. The van der Waals surface area contributed by atoms with Crippen molar-refractivity contribution in [3.8, 4) is 0 Å². The van der Waals surface area contributed by atoms with Gasteiger partial charge in [-0.1, -0.05) is 0 Å². The Bertz CT molecular complexity index is 641. The van der Waals surface area contributed by atoms with E-state index in [-0.39, 0.29) is 12.1 Å². The summed E-state index contributed by atoms with van der Waals surface area (Å²) in [5, 5.41) is 14.2. The maximum atomic E-state index is 12.4. The van der Waals surface area contributed by atoms with E-state index < -0.39 is 6.10 Å². The molecule has 0 bridgehead atoms. The molecule has 0 radical (unpaired) electrons. The lowest BCUT2D eigenvalue weighted by Gasteiger charge is -2.26. The van der Waals surface area contributed by atoms with Crippen molar-refractivity contribution in [2.75, 3.05) is 6.54 Å². The Hall–Kier alpha value is -1.86. The van der Waals surface area contributed by atoms with Gasteiger partial charge >= 0.3 is 6.03 Å². The Morgan fingerprint density at radius 3 is 3.22 bits per heavy atom. The van der Waals surface area contributed by atoms with Gasteiger partial charge in [0.1, 0.15) is 11.9 Å². The first-order valence-electron chi connectivity index (χ1n) is 7.80. The van der Waals surface area contributed by atoms with Crippen LogP contribution in [-0.4, -0.2) is 33.6 Å². The lowest BCUT2D eigenvalue weighted by Crippen LogP contribution is -2.42. The average Bonchev–Trinajstić information content (AvgIpc) is 3.26. The van der Waals surface area contributed by atoms with Crippen molar-refractivity contribution in [3.05, 3.63) is 40.2 Å². The van der Waals surface area contributed by atoms with Gasteiger partial charge in [-0.25, -0.2) is 9.78 Å². The van der Waals surface area contributed by atoms with Gasteiger partial charge in [0.05, 0.1) is 17.8 Å². The first kappa shape index (κ1) is 16.0. The normalized spacial score (nSPS) is 19.0. The van der Waals surface area contributed by atoms with Crippen molar-refractivity contribution in [1.82, 2.24) is 15.2 Å². The topological polar surface area (TPSA) is 78.6 Å². The summed E-state index contributed by atoms with van der Waals surface area (Å²) in [5.41, 5.74) is 0. The predicted octanol–water partition coefficient (Wildman–Crippen LogP) is 2.84. The molecule has 0 spiro atoms. The summed E-state index contributed by atoms with van der Waals surface area (Å²) in [6.45, 7) is 3.17. The van der Waals surface area contributed by atoms with Crippen molar-refractivity contribution in [2.45, 2.75) is 44.9 Å². The van der Waals surface area contributed by atoms with Crippen LogP contribution >= 0.6 is 11.3 Å². The van der Waals surface area contributed by atoms with E-state index in [1.54, 1.807) is 35.9 Å². The molecule has 3 rings (SSSR count). The van der Waals surface area contributed by atoms with E-state index in [0.29, 0.717) is 18.7 Å². The molecule has 2 unspecified atom stereocenters. The van der Waals surface area contributed by atoms with E-state index >= 15 is 0 Å². The highest BCUT2D eigenvalue weighted by atomic mass is 32.1. The van der Waals surface area contributed by atoms with Crippen LogP contribution in [0.4, 0.5) is 4.79 Å². The van der Waals surface area contributed by atoms with Crippen LogP contribution in [-0.2, 0) is 6.54 Å². The summed E-state index contributed by atoms with van der Waals surface area (Å²) in [5.74, 6) is 0.553. The van der Waals surface area contributed by atoms with Gasteiger partial charge in [-0.05, 0) is 31.9 Å². The van der Waals surface area contributed by atoms with Crippen molar-refractivity contribution in [3.63, 3.8) is 0 Å². The number of carbonyl (C=O) groups is 1. The van der Waals surface area contributed by atoms with Crippen LogP contribution in [0.1, 0.15) is 41.0 Å². The number of rotatable bonds is 5. The third-order valence-corrected chi connectivity index (χ3v) is 5.00. The first-order valence-corrected chi connectivity index (χ1v) is 8.62. The number of thiazole rings is 1. The summed E-state index contributed by atoms with van der Waals surface area (Å²) in [6, 6.07) is 3.48. The van der Waals surface area contributed by atoms with Gasteiger partial charge in [-0.15, -0.1) is 11.3 Å². The van der Waals surface area contributed by atoms with E-state index in [0.717, 1.165) is 29.3 Å². The molecular weight excluding hydrogens is 314 g/mol. The summed E-state index contributed by atoms with van der Waals surface area (Å²) < 4.78 is 5.23. The zero-order valence-electron chi connectivity index (χ0n) is 13.1. The number of aryl methyl sites for hydroxylation is 1. The maximum Gasteiger partial charge on any atom is 0.317 e. The highest BCUT2D eigenvalue weighted by Gasteiger charge is 2.31. The maximum absolute atomic E-state index is 12.4. The highest BCUT2D eigenvalue weighted by Crippen LogP contribution is 2.27. The quantitative estimate of drug-likeness (QED) is 0.881. The fourth-order valence-corrected chi connectivity index (χ4v) is 3.69. The molecule has 2 atom stereocenters. The molecule has 2 aromatic heterocycles. The molecule has 3 heterocycles. The Labute approximate surface area is 139 Å². The number of urea groups is 1. The molecule has 0 aromatic carbocycles. The second-order valence-electron chi connectivity index (χ2n) is 5.76. The number of nitrogens with one attached hydrogen (secondary N) is 1. The smallest absolute Gasteiger partial charge is 0.317 e. The standard InChI is InChI=1S/C16H21N3O3S/c1-11-17-9-13(23-11)10-18-16(21)19-6-2-4-12(19)8-14(20)15-5-3-7-22-15/h3,5,7,9,12,14,20H,2,4,6,8,10H2,1H3,(H,18,21). The Morgan fingerprint density at radius 1 is 1.65 bits per heavy atom. The molecule has 7 heteroatoms. The molecule has 2 amide bonds. The minimum absolute atomic E-state index is 0.0401. The van der Waals surface area contributed by atoms with E-state index in [4.69, 9.17) is 4.42 Å². The molecule has 1 saturated heterocycles. The summed E-state index contributed by atoms with van der Waals surface area (Å²) in [6.07, 6.45) is 5.04. The van der Waals surface area contributed by atoms with Crippen LogP contribution in [0, 0.1) is 6.92 Å². The predicted molar refractivity (Wildman–Crippen MR) is 87.1 cm³/mol. The van der Waals surface area contributed by atoms with Crippen molar-refractivity contribution < 1.29 is 14.3 Å². The molecule has 23 heavy (non-hydrogen) atoms. The number of hydrogen-bond acceptors (Lipinski definition) is 5. The minimum Gasteiger partial charge on any atom is -0.467 e. The van der Waals surface area contributed by atoms with E-state index in [1.807, 2.05) is 11.8 Å². The van der Waals surface area contributed by atoms with Gasteiger partial charge < -0.3 is 19.7 Å². The molecule has 2 aromatic rings. The fraction of sp³-hybridized carbons (Fsp3) is 0.500. The van der Waals surface area contributed by atoms with Crippen LogP contribution < -0.4 is 5.32 Å². The number of aliphatic hydroxyl groups excluding tert-OH is 1. The van der Waals surface area contributed by atoms with E-state index in [9.17, 15) is 9.90 Å². The molecule has 124 valence electrons. The van der Waals surface area contributed by atoms with E-state index in [1.165, 1.54) is 0 Å². The highest BCUT2D eigenvalue weighted by molar-refractivity contribution is 7.11. The van der Waals surface area contributed by atoms with Gasteiger partial charge in [0.15, 0.2) is 0 Å². The number of likely N-dealkylation sites (tertiary alicyclic amines) is 1. The molecule has 1 fully saturated rings. The molecule has 6 nitrogen and oxygen atoms in total. The number of furan rings is 1. The Morgan fingerprint density at radius 2 is 2.52 bits per heavy atom. The third-order valence-electron chi connectivity index (χ3n) is 4.09. The van der Waals surface area contributed by atoms with Gasteiger partial charge in [-0.2, -0.15) is 0 Å². The monoisotopic (exact) mass is 335 g/mol. The lowest BCUT2D eigenvalue weighted by atomic mass is 10.1. The molecule has 0 saturated carbocycles. The van der Waals surface area contributed by atoms with Gasteiger partial charge in [0.2, 0.25) is 0 Å². The minimum atomic E-state index is -0.674. The van der Waals surface area contributed by atoms with Crippen molar-refractivity contribution >= 4 is 17.4 Å². The Balaban J connectivity index is 1.54.